The quantitative estimate of drug-likeness (QED) is 0.945. The van der Waals surface area contributed by atoms with Gasteiger partial charge in [-0.1, -0.05) is 6.92 Å². The summed E-state index contributed by atoms with van der Waals surface area (Å²) in [5, 5.41) is 8.95. The third-order valence-corrected chi connectivity index (χ3v) is 3.72. The molecule has 1 atom stereocenters. The van der Waals surface area contributed by atoms with Gasteiger partial charge in [-0.2, -0.15) is 0 Å². The minimum atomic E-state index is -1.34. The number of hydrogen-bond acceptors (Lipinski definition) is 2. The van der Waals surface area contributed by atoms with Gasteiger partial charge in [0, 0.05) is 11.6 Å². The van der Waals surface area contributed by atoms with E-state index in [0.29, 0.717) is 6.42 Å². The largest absolute Gasteiger partial charge is 0.477 e. The van der Waals surface area contributed by atoms with Gasteiger partial charge in [-0.3, -0.25) is 4.79 Å². The summed E-state index contributed by atoms with van der Waals surface area (Å²) < 4.78 is 29.3. The monoisotopic (exact) mass is 295 g/mol. The maximum atomic E-state index is 14.2. The molecule has 1 aromatic carbocycles. The molecule has 0 saturated heterocycles. The van der Waals surface area contributed by atoms with Gasteiger partial charge in [0.2, 0.25) is 0 Å². The van der Waals surface area contributed by atoms with Gasteiger partial charge in [-0.25, -0.2) is 13.6 Å². The van der Waals surface area contributed by atoms with Crippen LogP contribution in [0.3, 0.4) is 0 Å². The van der Waals surface area contributed by atoms with Gasteiger partial charge in [0.05, 0.1) is 10.9 Å². The van der Waals surface area contributed by atoms with E-state index in [9.17, 15) is 23.5 Å². The summed E-state index contributed by atoms with van der Waals surface area (Å²) in [5.41, 5.74) is -1.48. The molecule has 21 heavy (non-hydrogen) atoms. The average molecular weight is 295 g/mol. The van der Waals surface area contributed by atoms with Crippen molar-refractivity contribution in [1.29, 1.82) is 0 Å². The first-order chi connectivity index (χ1) is 9.81. The molecule has 1 aromatic heterocycles. The zero-order valence-corrected chi connectivity index (χ0v) is 11.9. The van der Waals surface area contributed by atoms with Gasteiger partial charge >= 0.3 is 5.97 Å². The van der Waals surface area contributed by atoms with Crippen LogP contribution in [-0.2, 0) is 0 Å². The lowest BCUT2D eigenvalue weighted by atomic mass is 10.0. The van der Waals surface area contributed by atoms with Crippen LogP contribution in [0.1, 0.15) is 42.4 Å². The van der Waals surface area contributed by atoms with Crippen molar-refractivity contribution in [2.24, 2.45) is 0 Å². The fraction of sp³-hybridized carbons (Fsp3) is 0.333. The molecule has 1 heterocycles. The molecule has 0 bridgehead atoms. The summed E-state index contributed by atoms with van der Waals surface area (Å²) in [6.45, 7) is 4.81. The molecule has 0 amide bonds. The number of carboxylic acid groups (broad SMARTS) is 1. The van der Waals surface area contributed by atoms with Crippen molar-refractivity contribution in [3.05, 3.63) is 45.2 Å². The number of carbonyl (C=O) groups is 1. The van der Waals surface area contributed by atoms with E-state index < -0.39 is 34.5 Å². The molecule has 1 unspecified atom stereocenters. The molecule has 1 N–H and O–H groups in total. The van der Waals surface area contributed by atoms with Crippen LogP contribution in [0, 0.1) is 18.6 Å². The van der Waals surface area contributed by atoms with Crippen LogP contribution in [0.4, 0.5) is 8.78 Å². The van der Waals surface area contributed by atoms with E-state index in [-0.39, 0.29) is 16.8 Å². The predicted octanol–water partition coefficient (Wildman–Crippen LogP) is 3.26. The number of halogens is 2. The second kappa shape index (κ2) is 5.27. The molecule has 0 spiro atoms. The number of hydrogen-bond donors (Lipinski definition) is 1. The average Bonchev–Trinajstić information content (AvgIpc) is 2.44. The lowest BCUT2D eigenvalue weighted by Gasteiger charge is -2.22. The topological polar surface area (TPSA) is 59.3 Å². The maximum Gasteiger partial charge on any atom is 0.352 e. The second-order valence-corrected chi connectivity index (χ2v) is 4.99. The van der Waals surface area contributed by atoms with Crippen LogP contribution in [-0.4, -0.2) is 15.6 Å². The Balaban J connectivity index is 3.18. The number of nitrogens with zero attached hydrogens (tertiary/aromatic N) is 1. The number of fused-ring (bicyclic) bond motifs is 1. The number of rotatable bonds is 3. The highest BCUT2D eigenvalue weighted by atomic mass is 19.1. The summed E-state index contributed by atoms with van der Waals surface area (Å²) in [5.74, 6) is -3.00. The standard InChI is InChI=1S/C15H15F2NO3/c1-4-7(2)18-12(15(20)21)8(3)14(19)11-9(16)5-6-10(17)13(11)18/h5-7H,4H2,1-3H3,(H,20,21). The molecule has 2 rings (SSSR count). The van der Waals surface area contributed by atoms with Gasteiger partial charge in [0.15, 0.2) is 5.43 Å². The molecule has 0 aliphatic rings. The van der Waals surface area contributed by atoms with Crippen LogP contribution in [0.15, 0.2) is 16.9 Å². The van der Waals surface area contributed by atoms with Crippen LogP contribution in [0.25, 0.3) is 10.9 Å². The fourth-order valence-electron chi connectivity index (χ4n) is 2.47. The smallest absolute Gasteiger partial charge is 0.352 e. The van der Waals surface area contributed by atoms with Crippen molar-refractivity contribution in [3.63, 3.8) is 0 Å². The molecule has 0 aliphatic carbocycles. The van der Waals surface area contributed by atoms with Gasteiger partial charge in [0.25, 0.3) is 0 Å². The molecular formula is C15H15F2NO3. The lowest BCUT2D eigenvalue weighted by molar-refractivity contribution is 0.0681. The van der Waals surface area contributed by atoms with Gasteiger partial charge in [-0.15, -0.1) is 0 Å². The van der Waals surface area contributed by atoms with E-state index in [1.165, 1.54) is 11.5 Å². The molecule has 0 fully saturated rings. The molecule has 0 saturated carbocycles. The van der Waals surface area contributed by atoms with Crippen molar-refractivity contribution in [2.75, 3.05) is 0 Å². The Labute approximate surface area is 119 Å². The Hall–Kier alpha value is -2.24. The highest BCUT2D eigenvalue weighted by Gasteiger charge is 2.25. The van der Waals surface area contributed by atoms with Crippen molar-refractivity contribution in [1.82, 2.24) is 4.57 Å². The number of benzene rings is 1. The van der Waals surface area contributed by atoms with Crippen molar-refractivity contribution >= 4 is 16.9 Å². The highest BCUT2D eigenvalue weighted by Crippen LogP contribution is 2.26. The van der Waals surface area contributed by atoms with Crippen LogP contribution in [0.2, 0.25) is 0 Å². The van der Waals surface area contributed by atoms with Gasteiger partial charge < -0.3 is 9.67 Å². The number of carboxylic acids is 1. The zero-order chi connectivity index (χ0) is 15.9. The van der Waals surface area contributed by atoms with E-state index in [4.69, 9.17) is 0 Å². The number of pyridine rings is 1. The molecule has 0 aliphatic heterocycles. The second-order valence-electron chi connectivity index (χ2n) is 4.99. The summed E-state index contributed by atoms with van der Waals surface area (Å²) in [6, 6.07) is 1.38. The summed E-state index contributed by atoms with van der Waals surface area (Å²) in [7, 11) is 0. The minimum Gasteiger partial charge on any atom is -0.477 e. The van der Waals surface area contributed by atoms with Crippen LogP contribution in [0.5, 0.6) is 0 Å². The molecule has 6 heteroatoms. The lowest BCUT2D eigenvalue weighted by Crippen LogP contribution is -2.25. The minimum absolute atomic E-state index is 0.0974. The van der Waals surface area contributed by atoms with E-state index in [1.54, 1.807) is 13.8 Å². The van der Waals surface area contributed by atoms with Crippen LogP contribution >= 0.6 is 0 Å². The van der Waals surface area contributed by atoms with Crippen molar-refractivity contribution in [2.45, 2.75) is 33.2 Å². The van der Waals surface area contributed by atoms with Crippen LogP contribution < -0.4 is 5.43 Å². The molecule has 4 nitrogen and oxygen atoms in total. The number of aromatic nitrogens is 1. The normalized spacial score (nSPS) is 12.6. The zero-order valence-electron chi connectivity index (χ0n) is 11.9. The molecule has 112 valence electrons. The van der Waals surface area contributed by atoms with Crippen molar-refractivity contribution < 1.29 is 18.7 Å². The Bertz CT molecular complexity index is 796. The van der Waals surface area contributed by atoms with E-state index in [1.807, 2.05) is 0 Å². The van der Waals surface area contributed by atoms with Crippen molar-refractivity contribution in [3.8, 4) is 0 Å². The van der Waals surface area contributed by atoms with E-state index in [0.717, 1.165) is 12.1 Å². The molecular weight excluding hydrogens is 280 g/mol. The summed E-state index contributed by atoms with van der Waals surface area (Å²) in [4.78, 5) is 23.7. The van der Waals surface area contributed by atoms with E-state index in [2.05, 4.69) is 0 Å². The first-order valence-corrected chi connectivity index (χ1v) is 6.57. The SMILES string of the molecule is CCC(C)n1c(C(=O)O)c(C)c(=O)c2c(F)ccc(F)c21. The first-order valence-electron chi connectivity index (χ1n) is 6.57. The highest BCUT2D eigenvalue weighted by molar-refractivity contribution is 5.93. The fourth-order valence-corrected chi connectivity index (χ4v) is 2.47. The first kappa shape index (κ1) is 15.2. The Morgan fingerprint density at radius 2 is 1.90 bits per heavy atom. The van der Waals surface area contributed by atoms with E-state index >= 15 is 0 Å². The Morgan fingerprint density at radius 3 is 2.43 bits per heavy atom. The third kappa shape index (κ3) is 2.20. The summed E-state index contributed by atoms with van der Waals surface area (Å²) >= 11 is 0. The predicted molar refractivity (Wildman–Crippen MR) is 74.8 cm³/mol. The number of aromatic carboxylic acids is 1. The molecule has 2 aromatic rings. The Kier molecular flexibility index (Phi) is 3.80. The maximum absolute atomic E-state index is 14.2. The van der Waals surface area contributed by atoms with Gasteiger partial charge in [0.1, 0.15) is 17.3 Å². The third-order valence-electron chi connectivity index (χ3n) is 3.72. The molecule has 0 radical (unpaired) electrons. The Morgan fingerprint density at radius 1 is 1.33 bits per heavy atom. The summed E-state index contributed by atoms with van der Waals surface area (Å²) in [6.07, 6.45) is 0.508. The van der Waals surface area contributed by atoms with Gasteiger partial charge in [-0.05, 0) is 32.4 Å².